The third-order valence-corrected chi connectivity index (χ3v) is 13.7. The number of likely N-dealkylation sites (tertiary alicyclic amines) is 4. The largest absolute Gasteiger partial charge is 0.481 e. The molecule has 0 aliphatic carbocycles. The number of guanidine groups is 1. The van der Waals surface area contributed by atoms with Gasteiger partial charge in [0, 0.05) is 45.6 Å². The Bertz CT molecular complexity index is 2190. The molecule has 4 aliphatic rings. The lowest BCUT2D eigenvalue weighted by Gasteiger charge is -2.33. The molecule has 4 aliphatic heterocycles. The molecular weight excluding hydrogens is 991 g/mol. The van der Waals surface area contributed by atoms with Gasteiger partial charge in [-0.1, -0.05) is 0 Å². The minimum Gasteiger partial charge on any atom is -0.481 e. The smallest absolute Gasteiger partial charge is 0.326 e. The van der Waals surface area contributed by atoms with Crippen molar-refractivity contribution in [3.8, 4) is 0 Å². The molecule has 418 valence electrons. The molecule has 29 nitrogen and oxygen atoms in total. The van der Waals surface area contributed by atoms with Crippen LogP contribution >= 0.6 is 0 Å². The third-order valence-electron chi connectivity index (χ3n) is 13.7. The Morgan fingerprint density at radius 2 is 1.01 bits per heavy atom. The van der Waals surface area contributed by atoms with E-state index in [1.165, 1.54) is 35.5 Å². The molecule has 15 N–H and O–H groups in total. The van der Waals surface area contributed by atoms with Crippen LogP contribution in [-0.2, 0) is 57.5 Å². The number of hydrogen-bond donors (Lipinski definition) is 12. The minimum absolute atomic E-state index is 0.0115. The summed E-state index contributed by atoms with van der Waals surface area (Å²) in [7, 11) is 0. The monoisotopic (exact) mass is 1060 g/mol. The van der Waals surface area contributed by atoms with Gasteiger partial charge in [-0.25, -0.2) is 4.79 Å². The summed E-state index contributed by atoms with van der Waals surface area (Å²) in [6.07, 6.45) is -0.488. The van der Waals surface area contributed by atoms with E-state index in [1.54, 1.807) is 0 Å². The molecule has 11 atom stereocenters. The van der Waals surface area contributed by atoms with Crippen LogP contribution < -0.4 is 43.8 Å². The molecule has 4 heterocycles. The van der Waals surface area contributed by atoms with Gasteiger partial charge in [0.15, 0.2) is 5.96 Å². The van der Waals surface area contributed by atoms with Crippen LogP contribution in [0.2, 0.25) is 0 Å². The fraction of sp³-hybridized carbons (Fsp3) is 0.717. The third kappa shape index (κ3) is 16.7. The summed E-state index contributed by atoms with van der Waals surface area (Å²) in [6, 6.07) is -12.5. The molecule has 4 saturated heterocycles. The van der Waals surface area contributed by atoms with E-state index in [-0.39, 0.29) is 77.2 Å². The molecular formula is C46H73N13O16. The Labute approximate surface area is 432 Å². The normalized spacial score (nSPS) is 22.1. The summed E-state index contributed by atoms with van der Waals surface area (Å²) < 4.78 is 0. The fourth-order valence-electron chi connectivity index (χ4n) is 9.70. The predicted octanol–water partition coefficient (Wildman–Crippen LogP) is -5.01. The van der Waals surface area contributed by atoms with Crippen LogP contribution in [0.1, 0.15) is 111 Å². The van der Waals surface area contributed by atoms with Crippen LogP contribution in [0, 0.1) is 0 Å². The number of nitrogens with one attached hydrogen (secondary N) is 5. The van der Waals surface area contributed by atoms with Crippen LogP contribution in [0.15, 0.2) is 4.99 Å². The van der Waals surface area contributed by atoms with Crippen LogP contribution in [-0.4, -0.2) is 216 Å². The summed E-state index contributed by atoms with van der Waals surface area (Å²) in [5.74, 6) is -10.8. The van der Waals surface area contributed by atoms with Crippen molar-refractivity contribution >= 4 is 77.0 Å². The van der Waals surface area contributed by atoms with E-state index in [1.807, 2.05) is 0 Å². The molecule has 4 rings (SSSR count). The van der Waals surface area contributed by atoms with Gasteiger partial charge in [-0.3, -0.25) is 57.7 Å². The molecule has 0 aromatic rings. The number of aliphatic hydroxyl groups excluding tert-OH is 1. The van der Waals surface area contributed by atoms with Crippen molar-refractivity contribution < 1.29 is 78.0 Å². The summed E-state index contributed by atoms with van der Waals surface area (Å²) in [4.78, 5) is 166. The van der Waals surface area contributed by atoms with Gasteiger partial charge >= 0.3 is 17.9 Å². The lowest BCUT2D eigenvalue weighted by Crippen LogP contribution is -2.61. The van der Waals surface area contributed by atoms with Crippen molar-refractivity contribution in [1.82, 2.24) is 46.2 Å². The highest BCUT2D eigenvalue weighted by atomic mass is 16.4. The van der Waals surface area contributed by atoms with Gasteiger partial charge in [0.2, 0.25) is 53.2 Å². The van der Waals surface area contributed by atoms with E-state index in [0.717, 1.165) is 4.90 Å². The number of amides is 9. The molecule has 0 unspecified atom stereocenters. The van der Waals surface area contributed by atoms with Crippen molar-refractivity contribution in [2.24, 2.45) is 22.2 Å². The van der Waals surface area contributed by atoms with Gasteiger partial charge < -0.3 is 83.8 Å². The van der Waals surface area contributed by atoms with E-state index >= 15 is 0 Å². The van der Waals surface area contributed by atoms with Crippen molar-refractivity contribution in [1.29, 1.82) is 0 Å². The van der Waals surface area contributed by atoms with Crippen molar-refractivity contribution in [2.45, 2.75) is 177 Å². The molecule has 0 radical (unpaired) electrons. The Morgan fingerprint density at radius 3 is 1.53 bits per heavy atom. The Balaban J connectivity index is 1.37. The first kappa shape index (κ1) is 60.4. The predicted molar refractivity (Wildman–Crippen MR) is 261 cm³/mol. The molecule has 0 aromatic carbocycles. The van der Waals surface area contributed by atoms with Crippen LogP contribution in [0.5, 0.6) is 0 Å². The summed E-state index contributed by atoms with van der Waals surface area (Å²) >= 11 is 0. The molecule has 0 bridgehead atoms. The number of nitrogens with two attached hydrogens (primary N) is 3. The van der Waals surface area contributed by atoms with Gasteiger partial charge in [-0.15, -0.1) is 0 Å². The standard InChI is InChI=1S/C46H73N13O16/c1-23(36(65)54-28(45(74)75)15-17-34(63)64)51-37(66)29-10-7-21-58(29)44(73)32-13-8-22-59(32)41(70)24(2)52-40(69)35(25(3)60)55-39(68)31-12-6-20-57(31)43(72)27(14-16-33(61)62)53-38(67)30-11-5-19-56(30)42(71)26(47)9-4-18-50-46(48)49/h23-32,35,60H,4-22,47H2,1-3H3,(H,51,66)(H,52,69)(H,53,67)(H,54,65)(H,55,68)(H,61,62)(H,63,64)(H,74,75)(H4,48,49,50)/t23-,24-,25+,26-,27-,28-,29-,30-,31-,32-,35-/m0/s1. The number of aliphatic imine (C=N–C) groups is 1. The Morgan fingerprint density at radius 1 is 0.547 bits per heavy atom. The quantitative estimate of drug-likeness (QED) is 0.0219. The van der Waals surface area contributed by atoms with Crippen molar-refractivity contribution in [2.75, 3.05) is 32.7 Å². The highest BCUT2D eigenvalue weighted by molar-refractivity contribution is 5.99. The van der Waals surface area contributed by atoms with Crippen molar-refractivity contribution in [3.05, 3.63) is 0 Å². The lowest BCUT2D eigenvalue weighted by molar-refractivity contribution is -0.148. The Kier molecular flexibility index (Phi) is 22.5. The number of aliphatic carboxylic acids is 3. The molecule has 9 amide bonds. The maximum absolute atomic E-state index is 14.1. The lowest BCUT2D eigenvalue weighted by atomic mass is 10.1. The average molecular weight is 1060 g/mol. The van der Waals surface area contributed by atoms with Crippen LogP contribution in [0.25, 0.3) is 0 Å². The summed E-state index contributed by atoms with van der Waals surface area (Å²) in [5.41, 5.74) is 16.8. The number of aliphatic hydroxyl groups is 1. The highest BCUT2D eigenvalue weighted by Crippen LogP contribution is 2.27. The van der Waals surface area contributed by atoms with Crippen LogP contribution in [0.4, 0.5) is 0 Å². The molecule has 0 aromatic heterocycles. The van der Waals surface area contributed by atoms with E-state index in [2.05, 4.69) is 31.6 Å². The molecule has 0 spiro atoms. The summed E-state index contributed by atoms with van der Waals surface area (Å²) in [6.45, 7) is 4.54. The first-order chi connectivity index (χ1) is 35.3. The second-order valence-corrected chi connectivity index (χ2v) is 19.3. The minimum atomic E-state index is -1.67. The molecule has 4 fully saturated rings. The maximum atomic E-state index is 14.1. The van der Waals surface area contributed by atoms with Gasteiger partial charge in [0.1, 0.15) is 54.4 Å². The molecule has 75 heavy (non-hydrogen) atoms. The van der Waals surface area contributed by atoms with Crippen molar-refractivity contribution in [3.63, 3.8) is 0 Å². The number of hydrogen-bond acceptors (Lipinski definition) is 15. The molecule has 0 saturated carbocycles. The van der Waals surface area contributed by atoms with E-state index in [0.29, 0.717) is 32.1 Å². The number of rotatable bonds is 26. The zero-order chi connectivity index (χ0) is 55.8. The number of carboxylic acids is 3. The van der Waals surface area contributed by atoms with Gasteiger partial charge in [0.25, 0.3) is 0 Å². The average Bonchev–Trinajstić information content (AvgIpc) is 4.21. The summed E-state index contributed by atoms with van der Waals surface area (Å²) in [5, 5.41) is 50.8. The second kappa shape index (κ2) is 27.9. The zero-order valence-corrected chi connectivity index (χ0v) is 42.4. The van der Waals surface area contributed by atoms with E-state index in [4.69, 9.17) is 22.3 Å². The topological polar surface area (TPSA) is 449 Å². The van der Waals surface area contributed by atoms with Crippen LogP contribution in [0.3, 0.4) is 0 Å². The Hall–Kier alpha value is -7.17. The fourth-order valence-corrected chi connectivity index (χ4v) is 9.70. The zero-order valence-electron chi connectivity index (χ0n) is 42.4. The highest BCUT2D eigenvalue weighted by Gasteiger charge is 2.45. The SMILES string of the molecule is C[C@H](NC(=O)[C@@H]1CCCN1C(=O)[C@@H]1CCCN1C(=O)[C@H](C)NC(=O)[C@@H](NC(=O)[C@@H]1CCCN1C(=O)[C@H](CCC(=O)O)NC(=O)[C@@H]1CCCN1C(=O)[C@@H](N)CCCN=C(N)N)[C@@H](C)O)C(=O)N[C@@H](CCC(=O)O)C(=O)O. The number of carbonyl (C=O) groups excluding carboxylic acids is 9. The number of nitrogens with zero attached hydrogens (tertiary/aromatic N) is 5. The first-order valence-corrected chi connectivity index (χ1v) is 25.2. The van der Waals surface area contributed by atoms with Gasteiger partial charge in [-0.05, 0) is 97.8 Å². The molecule has 29 heteroatoms. The number of carboxylic acid groups (broad SMARTS) is 3. The van der Waals surface area contributed by atoms with E-state index in [9.17, 15) is 72.9 Å². The first-order valence-electron chi connectivity index (χ1n) is 25.2. The maximum Gasteiger partial charge on any atom is 0.326 e. The van der Waals surface area contributed by atoms with Gasteiger partial charge in [-0.2, -0.15) is 0 Å². The van der Waals surface area contributed by atoms with Gasteiger partial charge in [0.05, 0.1) is 12.1 Å². The second-order valence-electron chi connectivity index (χ2n) is 19.3. The number of carbonyl (C=O) groups is 12. The van der Waals surface area contributed by atoms with E-state index < -0.39 is 157 Å².